The van der Waals surface area contributed by atoms with Crippen LogP contribution in [0.15, 0.2) is 21.1 Å². The summed E-state index contributed by atoms with van der Waals surface area (Å²) in [5.41, 5.74) is 7.01. The van der Waals surface area contributed by atoms with Crippen molar-refractivity contribution in [1.82, 2.24) is 0 Å². The number of halogens is 2. The molecule has 1 aliphatic rings. The van der Waals surface area contributed by atoms with E-state index in [0.717, 1.165) is 15.4 Å². The number of nitrogen functional groups attached to an aromatic ring is 1. The van der Waals surface area contributed by atoms with E-state index in [-0.39, 0.29) is 11.8 Å². The number of hydrogen-bond acceptors (Lipinski definition) is 3. The molecular formula is C11H12Br2N2O2. The van der Waals surface area contributed by atoms with Crippen molar-refractivity contribution in [3.8, 4) is 0 Å². The molecule has 0 spiro atoms. The number of ether oxygens (including phenoxy) is 1. The summed E-state index contributed by atoms with van der Waals surface area (Å²) in [6.45, 7) is 1.13. The van der Waals surface area contributed by atoms with Gasteiger partial charge >= 0.3 is 0 Å². The molecule has 1 saturated heterocycles. The Bertz CT molecular complexity index is 422. The number of benzene rings is 1. The summed E-state index contributed by atoms with van der Waals surface area (Å²) in [5.74, 6) is -0.123. The lowest BCUT2D eigenvalue weighted by Crippen LogP contribution is -2.23. The molecule has 92 valence electrons. The first-order valence-electron chi connectivity index (χ1n) is 5.21. The molecule has 1 aromatic rings. The molecular weight excluding hydrogens is 352 g/mol. The van der Waals surface area contributed by atoms with Gasteiger partial charge in [-0.1, -0.05) is 15.9 Å². The Morgan fingerprint density at radius 2 is 2.24 bits per heavy atom. The van der Waals surface area contributed by atoms with Crippen molar-refractivity contribution in [2.45, 2.75) is 6.42 Å². The summed E-state index contributed by atoms with van der Waals surface area (Å²) in [7, 11) is 0. The monoisotopic (exact) mass is 362 g/mol. The average Bonchev–Trinajstić information content (AvgIpc) is 2.76. The fraction of sp³-hybridized carbons (Fsp3) is 0.364. The number of anilines is 2. The molecule has 0 bridgehead atoms. The van der Waals surface area contributed by atoms with Crippen molar-refractivity contribution in [2.75, 3.05) is 24.3 Å². The predicted octanol–water partition coefficient (Wildman–Crippen LogP) is 2.77. The van der Waals surface area contributed by atoms with Gasteiger partial charge in [-0.15, -0.1) is 0 Å². The molecule has 1 aromatic carbocycles. The van der Waals surface area contributed by atoms with Crippen LogP contribution in [0.5, 0.6) is 0 Å². The van der Waals surface area contributed by atoms with Crippen LogP contribution in [0.2, 0.25) is 0 Å². The quantitative estimate of drug-likeness (QED) is 0.794. The van der Waals surface area contributed by atoms with Gasteiger partial charge in [-0.25, -0.2) is 0 Å². The van der Waals surface area contributed by atoms with Crippen molar-refractivity contribution in [2.24, 2.45) is 5.92 Å². The van der Waals surface area contributed by atoms with Crippen LogP contribution in [0.1, 0.15) is 6.42 Å². The topological polar surface area (TPSA) is 64.3 Å². The van der Waals surface area contributed by atoms with Gasteiger partial charge in [-0.3, -0.25) is 4.79 Å². The van der Waals surface area contributed by atoms with Crippen molar-refractivity contribution in [3.63, 3.8) is 0 Å². The zero-order chi connectivity index (χ0) is 12.4. The third-order valence-corrected chi connectivity index (χ3v) is 3.72. The molecule has 4 nitrogen and oxygen atoms in total. The maximum absolute atomic E-state index is 11.9. The van der Waals surface area contributed by atoms with Crippen molar-refractivity contribution >= 4 is 49.1 Å². The second-order valence-electron chi connectivity index (χ2n) is 3.90. The van der Waals surface area contributed by atoms with E-state index < -0.39 is 0 Å². The standard InChI is InChI=1S/C11H12Br2N2O2/c12-7-3-8(13)10(9(14)4-7)15-11(16)6-1-2-17-5-6/h3-4,6H,1-2,5,14H2,(H,15,16). The highest BCUT2D eigenvalue weighted by atomic mass is 79.9. The fourth-order valence-electron chi connectivity index (χ4n) is 1.69. The molecule has 0 aliphatic carbocycles. The van der Waals surface area contributed by atoms with E-state index in [1.165, 1.54) is 0 Å². The Kier molecular flexibility index (Phi) is 4.06. The van der Waals surface area contributed by atoms with Crippen LogP contribution in [0, 0.1) is 5.92 Å². The molecule has 2 rings (SSSR count). The minimum absolute atomic E-state index is 0.0442. The lowest BCUT2D eigenvalue weighted by molar-refractivity contribution is -0.119. The maximum atomic E-state index is 11.9. The van der Waals surface area contributed by atoms with Gasteiger partial charge in [0.1, 0.15) is 0 Å². The first-order valence-corrected chi connectivity index (χ1v) is 6.79. The van der Waals surface area contributed by atoms with Crippen LogP contribution in [0.4, 0.5) is 11.4 Å². The largest absolute Gasteiger partial charge is 0.397 e. The van der Waals surface area contributed by atoms with Crippen LogP contribution < -0.4 is 11.1 Å². The lowest BCUT2D eigenvalue weighted by atomic mass is 10.1. The molecule has 1 amide bonds. The van der Waals surface area contributed by atoms with E-state index in [4.69, 9.17) is 10.5 Å². The first kappa shape index (κ1) is 12.9. The van der Waals surface area contributed by atoms with Gasteiger partial charge in [0.2, 0.25) is 5.91 Å². The third-order valence-electron chi connectivity index (χ3n) is 2.63. The zero-order valence-corrected chi connectivity index (χ0v) is 12.2. The highest BCUT2D eigenvalue weighted by Gasteiger charge is 2.24. The second kappa shape index (κ2) is 5.37. The molecule has 0 saturated carbocycles. The van der Waals surface area contributed by atoms with Crippen LogP contribution in [0.25, 0.3) is 0 Å². The van der Waals surface area contributed by atoms with Crippen LogP contribution >= 0.6 is 31.9 Å². The van der Waals surface area contributed by atoms with Gasteiger partial charge in [0.05, 0.1) is 23.9 Å². The Hall–Kier alpha value is -0.590. The number of carbonyl (C=O) groups excluding carboxylic acids is 1. The summed E-state index contributed by atoms with van der Waals surface area (Å²) in [5, 5.41) is 2.84. The highest BCUT2D eigenvalue weighted by Crippen LogP contribution is 2.33. The Balaban J connectivity index is 2.15. The van der Waals surface area contributed by atoms with Crippen LogP contribution in [-0.4, -0.2) is 19.1 Å². The maximum Gasteiger partial charge on any atom is 0.229 e. The van der Waals surface area contributed by atoms with Crippen molar-refractivity contribution in [1.29, 1.82) is 0 Å². The number of amides is 1. The van der Waals surface area contributed by atoms with E-state index in [0.29, 0.717) is 24.6 Å². The summed E-state index contributed by atoms with van der Waals surface area (Å²) in [6.07, 6.45) is 0.764. The van der Waals surface area contributed by atoms with Crippen molar-refractivity contribution in [3.05, 3.63) is 21.1 Å². The van der Waals surface area contributed by atoms with Gasteiger partial charge in [-0.05, 0) is 34.5 Å². The van der Waals surface area contributed by atoms with Crippen LogP contribution in [-0.2, 0) is 9.53 Å². The Labute approximate surface area is 116 Å². The molecule has 1 fully saturated rings. The summed E-state index contributed by atoms with van der Waals surface area (Å²) in [4.78, 5) is 11.9. The number of nitrogens with two attached hydrogens (primary N) is 1. The second-order valence-corrected chi connectivity index (χ2v) is 5.67. The number of hydrogen-bond donors (Lipinski definition) is 2. The Morgan fingerprint density at radius 1 is 1.47 bits per heavy atom. The Morgan fingerprint density at radius 3 is 2.82 bits per heavy atom. The molecule has 1 aliphatic heterocycles. The fourth-order valence-corrected chi connectivity index (χ4v) is 3.05. The van der Waals surface area contributed by atoms with Crippen molar-refractivity contribution < 1.29 is 9.53 Å². The van der Waals surface area contributed by atoms with E-state index in [9.17, 15) is 4.79 Å². The summed E-state index contributed by atoms with van der Waals surface area (Å²) in [6, 6.07) is 3.60. The predicted molar refractivity (Wildman–Crippen MR) is 73.8 cm³/mol. The molecule has 6 heteroatoms. The molecule has 1 heterocycles. The number of carbonyl (C=O) groups is 1. The van der Waals surface area contributed by atoms with Crippen LogP contribution in [0.3, 0.4) is 0 Å². The molecule has 0 radical (unpaired) electrons. The smallest absolute Gasteiger partial charge is 0.229 e. The van der Waals surface area contributed by atoms with Gasteiger partial charge < -0.3 is 15.8 Å². The van der Waals surface area contributed by atoms with E-state index >= 15 is 0 Å². The SMILES string of the molecule is Nc1cc(Br)cc(Br)c1NC(=O)C1CCOC1. The highest BCUT2D eigenvalue weighted by molar-refractivity contribution is 9.11. The average molecular weight is 364 g/mol. The molecule has 3 N–H and O–H groups in total. The third kappa shape index (κ3) is 3.00. The van der Waals surface area contributed by atoms with E-state index in [1.54, 1.807) is 6.07 Å². The first-order chi connectivity index (χ1) is 8.08. The summed E-state index contributed by atoms with van der Waals surface area (Å²) >= 11 is 6.72. The molecule has 1 atom stereocenters. The molecule has 0 aromatic heterocycles. The van der Waals surface area contributed by atoms with Gasteiger partial charge in [0.15, 0.2) is 0 Å². The van der Waals surface area contributed by atoms with Gasteiger partial charge in [-0.2, -0.15) is 0 Å². The summed E-state index contributed by atoms with van der Waals surface area (Å²) < 4.78 is 6.81. The molecule has 1 unspecified atom stereocenters. The minimum Gasteiger partial charge on any atom is -0.397 e. The minimum atomic E-state index is -0.0788. The van der Waals surface area contributed by atoms with E-state index in [1.807, 2.05) is 6.07 Å². The number of rotatable bonds is 2. The molecule has 17 heavy (non-hydrogen) atoms. The normalized spacial score (nSPS) is 19.3. The zero-order valence-electron chi connectivity index (χ0n) is 9.00. The van der Waals surface area contributed by atoms with Gasteiger partial charge in [0, 0.05) is 15.6 Å². The lowest BCUT2D eigenvalue weighted by Gasteiger charge is -2.13. The van der Waals surface area contributed by atoms with Gasteiger partial charge in [0.25, 0.3) is 0 Å². The van der Waals surface area contributed by atoms with E-state index in [2.05, 4.69) is 37.2 Å². The number of nitrogens with one attached hydrogen (secondary N) is 1.